The Kier molecular flexibility index (Phi) is 3.83. The molecule has 1 fully saturated rings. The van der Waals surface area contributed by atoms with Gasteiger partial charge in [-0.3, -0.25) is 4.79 Å². The number of anilines is 1. The van der Waals surface area contributed by atoms with Gasteiger partial charge in [0, 0.05) is 11.6 Å². The topological polar surface area (TPSA) is 29.1 Å². The van der Waals surface area contributed by atoms with E-state index in [1.54, 1.807) is 0 Å². The predicted molar refractivity (Wildman–Crippen MR) is 77.3 cm³/mol. The molecule has 2 nitrogen and oxygen atoms in total. The van der Waals surface area contributed by atoms with Crippen molar-refractivity contribution < 1.29 is 22.4 Å². The first-order valence-electron chi connectivity index (χ1n) is 7.09. The van der Waals surface area contributed by atoms with Gasteiger partial charge in [0.1, 0.15) is 5.82 Å². The van der Waals surface area contributed by atoms with Crippen molar-refractivity contribution in [2.24, 2.45) is 5.92 Å². The molecule has 1 N–H and O–H groups in total. The van der Waals surface area contributed by atoms with E-state index in [9.17, 15) is 22.4 Å². The number of alkyl halides is 3. The zero-order valence-corrected chi connectivity index (χ0v) is 11.9. The molecule has 23 heavy (non-hydrogen) atoms. The number of hydrogen-bond donors (Lipinski definition) is 1. The Morgan fingerprint density at radius 2 is 1.70 bits per heavy atom. The maximum atomic E-state index is 13.0. The van der Waals surface area contributed by atoms with Crippen LogP contribution in [0.5, 0.6) is 0 Å². The minimum Gasteiger partial charge on any atom is -0.326 e. The molecule has 0 spiro atoms. The predicted octanol–water partition coefficient (Wildman–Crippen LogP) is 4.59. The highest BCUT2D eigenvalue weighted by Crippen LogP contribution is 2.51. The maximum Gasteiger partial charge on any atom is 0.416 e. The molecule has 0 aliphatic heterocycles. The van der Waals surface area contributed by atoms with Crippen LogP contribution in [-0.2, 0) is 11.0 Å². The molecule has 0 aromatic heterocycles. The van der Waals surface area contributed by atoms with Crippen LogP contribution in [0.2, 0.25) is 0 Å². The van der Waals surface area contributed by atoms with Crippen molar-refractivity contribution in [3.05, 3.63) is 65.5 Å². The monoisotopic (exact) mass is 323 g/mol. The minimum absolute atomic E-state index is 0.152. The van der Waals surface area contributed by atoms with Gasteiger partial charge in [-0.05, 0) is 48.2 Å². The molecule has 0 saturated heterocycles. The average molecular weight is 323 g/mol. The van der Waals surface area contributed by atoms with Gasteiger partial charge in [-0.15, -0.1) is 0 Å². The van der Waals surface area contributed by atoms with E-state index in [1.807, 2.05) is 0 Å². The highest BCUT2D eigenvalue weighted by atomic mass is 19.4. The number of benzene rings is 2. The number of hydrogen-bond acceptors (Lipinski definition) is 1. The summed E-state index contributed by atoms with van der Waals surface area (Å²) in [5.74, 6) is -1.71. The van der Waals surface area contributed by atoms with Crippen molar-refractivity contribution in [2.75, 3.05) is 5.32 Å². The Morgan fingerprint density at radius 3 is 2.35 bits per heavy atom. The number of amides is 1. The van der Waals surface area contributed by atoms with Crippen molar-refractivity contribution in [2.45, 2.75) is 18.5 Å². The molecule has 2 atom stereocenters. The summed E-state index contributed by atoms with van der Waals surface area (Å²) in [6, 6.07) is 10.6. The van der Waals surface area contributed by atoms with Crippen LogP contribution >= 0.6 is 0 Å². The summed E-state index contributed by atoms with van der Waals surface area (Å²) in [7, 11) is 0. The molecule has 1 saturated carbocycles. The second-order valence-electron chi connectivity index (χ2n) is 5.53. The summed E-state index contributed by atoms with van der Waals surface area (Å²) in [6.45, 7) is 0. The first-order chi connectivity index (χ1) is 10.9. The third kappa shape index (κ3) is 3.36. The zero-order chi connectivity index (χ0) is 16.6. The molecule has 2 unspecified atom stereocenters. The first kappa shape index (κ1) is 15.5. The van der Waals surface area contributed by atoms with Gasteiger partial charge in [-0.25, -0.2) is 4.39 Å². The quantitative estimate of drug-likeness (QED) is 0.823. The van der Waals surface area contributed by atoms with Crippen molar-refractivity contribution in [1.82, 2.24) is 0 Å². The lowest BCUT2D eigenvalue weighted by molar-refractivity contribution is -0.138. The molecular formula is C17H13F4NO. The summed E-state index contributed by atoms with van der Waals surface area (Å²) >= 11 is 0. The summed E-state index contributed by atoms with van der Waals surface area (Å²) in [6.07, 6.45) is -4.06. The molecule has 120 valence electrons. The van der Waals surface area contributed by atoms with E-state index in [-0.39, 0.29) is 11.5 Å². The highest BCUT2D eigenvalue weighted by molar-refractivity contribution is 5.95. The van der Waals surface area contributed by atoms with Crippen LogP contribution in [0.4, 0.5) is 23.2 Å². The standard InChI is InChI=1S/C17H13F4NO/c18-10-5-7-11(8-6-10)22-16(23)14-9-13(14)12-3-1-2-4-15(12)17(19,20)21/h1-8,13-14H,9H2,(H,22,23). The van der Waals surface area contributed by atoms with Gasteiger partial charge in [-0.1, -0.05) is 18.2 Å². The normalized spacial score (nSPS) is 20.2. The van der Waals surface area contributed by atoms with E-state index < -0.39 is 29.4 Å². The Hall–Kier alpha value is -2.37. The van der Waals surface area contributed by atoms with Gasteiger partial charge in [0.15, 0.2) is 0 Å². The van der Waals surface area contributed by atoms with Gasteiger partial charge in [0.2, 0.25) is 5.91 Å². The third-order valence-corrected chi connectivity index (χ3v) is 3.90. The highest BCUT2D eigenvalue weighted by Gasteiger charge is 2.47. The van der Waals surface area contributed by atoms with E-state index in [2.05, 4.69) is 5.32 Å². The van der Waals surface area contributed by atoms with Crippen molar-refractivity contribution in [3.8, 4) is 0 Å². The third-order valence-electron chi connectivity index (χ3n) is 3.90. The molecule has 6 heteroatoms. The molecule has 0 radical (unpaired) electrons. The molecular weight excluding hydrogens is 310 g/mol. The Bertz CT molecular complexity index is 724. The van der Waals surface area contributed by atoms with E-state index >= 15 is 0 Å². The number of rotatable bonds is 3. The average Bonchev–Trinajstić information content (AvgIpc) is 3.29. The molecule has 1 aliphatic carbocycles. The molecule has 3 rings (SSSR count). The largest absolute Gasteiger partial charge is 0.416 e. The van der Waals surface area contributed by atoms with Crippen LogP contribution in [0.3, 0.4) is 0 Å². The molecule has 2 aromatic rings. The summed E-state index contributed by atoms with van der Waals surface area (Å²) in [5, 5.41) is 2.60. The zero-order valence-electron chi connectivity index (χ0n) is 11.9. The van der Waals surface area contributed by atoms with Crippen LogP contribution in [-0.4, -0.2) is 5.91 Å². The minimum atomic E-state index is -4.43. The summed E-state index contributed by atoms with van der Waals surface area (Å²) in [4.78, 5) is 12.1. The van der Waals surface area contributed by atoms with Crippen LogP contribution < -0.4 is 5.32 Å². The van der Waals surface area contributed by atoms with Gasteiger partial charge in [0.25, 0.3) is 0 Å². The number of nitrogens with one attached hydrogen (secondary N) is 1. The smallest absolute Gasteiger partial charge is 0.326 e. The van der Waals surface area contributed by atoms with Gasteiger partial charge in [-0.2, -0.15) is 13.2 Å². The van der Waals surface area contributed by atoms with E-state index in [1.165, 1.54) is 42.5 Å². The molecule has 2 aromatic carbocycles. The molecule has 1 amide bonds. The fraction of sp³-hybridized carbons (Fsp3) is 0.235. The molecule has 0 heterocycles. The second kappa shape index (κ2) is 5.68. The van der Waals surface area contributed by atoms with Crippen molar-refractivity contribution in [1.29, 1.82) is 0 Å². The van der Waals surface area contributed by atoms with Crippen LogP contribution in [0.15, 0.2) is 48.5 Å². The van der Waals surface area contributed by atoms with Gasteiger partial charge >= 0.3 is 6.18 Å². The lowest BCUT2D eigenvalue weighted by Crippen LogP contribution is -2.15. The van der Waals surface area contributed by atoms with Crippen molar-refractivity contribution in [3.63, 3.8) is 0 Å². The SMILES string of the molecule is O=C(Nc1ccc(F)cc1)C1CC1c1ccccc1C(F)(F)F. The van der Waals surface area contributed by atoms with Gasteiger partial charge in [0.05, 0.1) is 5.56 Å². The van der Waals surface area contributed by atoms with Crippen LogP contribution in [0.1, 0.15) is 23.5 Å². The number of carbonyl (C=O) groups excluding carboxylic acids is 1. The Labute approximate surface area is 130 Å². The second-order valence-corrected chi connectivity index (χ2v) is 5.53. The fourth-order valence-corrected chi connectivity index (χ4v) is 2.68. The lowest BCUT2D eigenvalue weighted by Gasteiger charge is -2.12. The Balaban J connectivity index is 1.72. The summed E-state index contributed by atoms with van der Waals surface area (Å²) < 4.78 is 51.9. The van der Waals surface area contributed by atoms with E-state index in [0.29, 0.717) is 12.1 Å². The maximum absolute atomic E-state index is 13.0. The van der Waals surface area contributed by atoms with Crippen LogP contribution in [0.25, 0.3) is 0 Å². The van der Waals surface area contributed by atoms with E-state index in [0.717, 1.165) is 6.07 Å². The van der Waals surface area contributed by atoms with Crippen LogP contribution in [0, 0.1) is 11.7 Å². The number of halogens is 4. The Morgan fingerprint density at radius 1 is 1.04 bits per heavy atom. The first-order valence-corrected chi connectivity index (χ1v) is 7.09. The van der Waals surface area contributed by atoms with E-state index in [4.69, 9.17) is 0 Å². The number of carbonyl (C=O) groups is 1. The fourth-order valence-electron chi connectivity index (χ4n) is 2.68. The summed E-state index contributed by atoms with van der Waals surface area (Å²) in [5.41, 5.74) is -0.118. The van der Waals surface area contributed by atoms with Crippen molar-refractivity contribution >= 4 is 11.6 Å². The molecule has 1 aliphatic rings. The lowest BCUT2D eigenvalue weighted by atomic mass is 10.0. The molecule has 0 bridgehead atoms. The van der Waals surface area contributed by atoms with Gasteiger partial charge < -0.3 is 5.32 Å².